The van der Waals surface area contributed by atoms with Crippen molar-refractivity contribution in [3.63, 3.8) is 0 Å². The van der Waals surface area contributed by atoms with E-state index in [1.165, 1.54) is 18.0 Å². The third-order valence-electron chi connectivity index (χ3n) is 4.48. The number of aromatic nitrogens is 2. The number of imidazole rings is 1. The zero-order valence-corrected chi connectivity index (χ0v) is 17.3. The molecule has 1 aromatic carbocycles. The van der Waals surface area contributed by atoms with E-state index in [0.29, 0.717) is 12.5 Å². The molecule has 1 heterocycles. The number of halogens is 4. The van der Waals surface area contributed by atoms with Crippen LogP contribution in [-0.2, 0) is 12.0 Å². The van der Waals surface area contributed by atoms with Gasteiger partial charge < -0.3 is 10.6 Å². The third kappa shape index (κ3) is 4.85. The number of rotatable bonds is 6. The van der Waals surface area contributed by atoms with Crippen molar-refractivity contribution in [2.24, 2.45) is 4.99 Å². The monoisotopic (exact) mass is 495 g/mol. The fourth-order valence-corrected chi connectivity index (χ4v) is 3.02. The van der Waals surface area contributed by atoms with Gasteiger partial charge in [-0.15, -0.1) is 24.0 Å². The van der Waals surface area contributed by atoms with Gasteiger partial charge in [-0.05, 0) is 30.5 Å². The molecular weight excluding hydrogens is 475 g/mol. The molecular formula is C17H21ClF2IN5. The van der Waals surface area contributed by atoms with Crippen molar-refractivity contribution in [3.05, 3.63) is 53.1 Å². The van der Waals surface area contributed by atoms with Crippen LogP contribution in [-0.4, -0.2) is 29.1 Å². The fourth-order valence-electron chi connectivity index (χ4n) is 2.83. The number of alkyl halides is 2. The SMILES string of the molecule is CN=C(NCc1nccn1C(F)F)NCC1(c2cccc(Cl)c2)CC1.I. The van der Waals surface area contributed by atoms with Crippen LogP contribution in [0.15, 0.2) is 41.7 Å². The highest BCUT2D eigenvalue weighted by Gasteiger charge is 2.44. The zero-order valence-electron chi connectivity index (χ0n) is 14.3. The van der Waals surface area contributed by atoms with E-state index in [4.69, 9.17) is 11.6 Å². The van der Waals surface area contributed by atoms with Crippen molar-refractivity contribution >= 4 is 41.5 Å². The predicted molar refractivity (Wildman–Crippen MR) is 109 cm³/mol. The Morgan fingerprint density at radius 3 is 2.77 bits per heavy atom. The van der Waals surface area contributed by atoms with Gasteiger partial charge >= 0.3 is 6.55 Å². The standard InChI is InChI=1S/C17H20ClF2N5.HI/c1-21-16(23-10-14-22-7-8-25(14)15(19)20)24-11-17(5-6-17)12-3-2-4-13(18)9-12;/h2-4,7-9,15H,5-6,10-11H2,1H3,(H2,21,23,24);1H. The fraction of sp³-hybridized carbons (Fsp3) is 0.412. The summed E-state index contributed by atoms with van der Waals surface area (Å²) in [5, 5.41) is 7.03. The van der Waals surface area contributed by atoms with Gasteiger partial charge in [0, 0.05) is 36.4 Å². The van der Waals surface area contributed by atoms with Gasteiger partial charge in [-0.25, -0.2) is 4.98 Å². The Labute approximate surface area is 173 Å². The van der Waals surface area contributed by atoms with Gasteiger partial charge in [0.2, 0.25) is 0 Å². The lowest BCUT2D eigenvalue weighted by molar-refractivity contribution is 0.0668. The maximum Gasteiger partial charge on any atom is 0.319 e. The second-order valence-electron chi connectivity index (χ2n) is 6.10. The second kappa shape index (κ2) is 8.98. The first-order chi connectivity index (χ1) is 12.0. The molecule has 2 N–H and O–H groups in total. The maximum atomic E-state index is 12.8. The summed E-state index contributed by atoms with van der Waals surface area (Å²) in [4.78, 5) is 8.09. The number of aliphatic imine (C=N–C) groups is 1. The Kier molecular flexibility index (Phi) is 7.22. The van der Waals surface area contributed by atoms with E-state index in [9.17, 15) is 8.78 Å². The van der Waals surface area contributed by atoms with E-state index in [-0.39, 0.29) is 41.8 Å². The molecule has 1 aliphatic rings. The van der Waals surface area contributed by atoms with Crippen LogP contribution in [0.1, 0.15) is 30.8 Å². The summed E-state index contributed by atoms with van der Waals surface area (Å²) < 4.78 is 26.5. The molecule has 142 valence electrons. The van der Waals surface area contributed by atoms with Gasteiger partial charge in [0.15, 0.2) is 5.96 Å². The van der Waals surface area contributed by atoms with E-state index in [2.05, 4.69) is 26.7 Å². The first kappa shape index (κ1) is 20.9. The van der Waals surface area contributed by atoms with Gasteiger partial charge in [-0.1, -0.05) is 23.7 Å². The summed E-state index contributed by atoms with van der Waals surface area (Å²) >= 11 is 6.09. The zero-order chi connectivity index (χ0) is 17.9. The first-order valence-corrected chi connectivity index (χ1v) is 8.42. The van der Waals surface area contributed by atoms with Crippen LogP contribution < -0.4 is 10.6 Å². The average molecular weight is 496 g/mol. The third-order valence-corrected chi connectivity index (χ3v) is 4.72. The average Bonchev–Trinajstić information content (AvgIpc) is 3.24. The van der Waals surface area contributed by atoms with Crippen LogP contribution in [0.4, 0.5) is 8.78 Å². The molecule has 26 heavy (non-hydrogen) atoms. The van der Waals surface area contributed by atoms with Crippen molar-refractivity contribution in [3.8, 4) is 0 Å². The number of nitrogens with one attached hydrogen (secondary N) is 2. The molecule has 0 radical (unpaired) electrons. The van der Waals surface area contributed by atoms with Crippen molar-refractivity contribution in [2.45, 2.75) is 31.4 Å². The number of hydrogen-bond donors (Lipinski definition) is 2. The van der Waals surface area contributed by atoms with E-state index in [1.807, 2.05) is 18.2 Å². The number of hydrogen-bond acceptors (Lipinski definition) is 2. The molecule has 0 saturated heterocycles. The highest BCUT2D eigenvalue weighted by Crippen LogP contribution is 2.48. The molecule has 9 heteroatoms. The Bertz CT molecular complexity index is 761. The van der Waals surface area contributed by atoms with Crippen molar-refractivity contribution in [2.75, 3.05) is 13.6 Å². The van der Waals surface area contributed by atoms with Gasteiger partial charge in [0.05, 0.1) is 6.54 Å². The number of guanidine groups is 1. The van der Waals surface area contributed by atoms with Crippen LogP contribution in [0.3, 0.4) is 0 Å². The molecule has 0 aliphatic heterocycles. The molecule has 0 amide bonds. The topological polar surface area (TPSA) is 54.2 Å². The van der Waals surface area contributed by atoms with Gasteiger partial charge in [0.1, 0.15) is 5.82 Å². The first-order valence-electron chi connectivity index (χ1n) is 8.04. The quantitative estimate of drug-likeness (QED) is 0.363. The van der Waals surface area contributed by atoms with Crippen LogP contribution in [0, 0.1) is 0 Å². The summed E-state index contributed by atoms with van der Waals surface area (Å²) in [6.45, 7) is -1.73. The minimum atomic E-state index is -2.60. The van der Waals surface area contributed by atoms with Crippen LogP contribution in [0.5, 0.6) is 0 Å². The van der Waals surface area contributed by atoms with Crippen LogP contribution in [0.25, 0.3) is 0 Å². The van der Waals surface area contributed by atoms with Crippen LogP contribution in [0.2, 0.25) is 5.02 Å². The molecule has 2 aromatic rings. The lowest BCUT2D eigenvalue weighted by atomic mass is 9.96. The van der Waals surface area contributed by atoms with E-state index in [0.717, 1.165) is 22.4 Å². The molecule has 1 saturated carbocycles. The molecule has 1 aromatic heterocycles. The molecule has 1 aliphatic carbocycles. The van der Waals surface area contributed by atoms with E-state index in [1.54, 1.807) is 7.05 Å². The van der Waals surface area contributed by atoms with Crippen molar-refractivity contribution in [1.29, 1.82) is 0 Å². The van der Waals surface area contributed by atoms with Gasteiger partial charge in [-0.2, -0.15) is 8.78 Å². The Morgan fingerprint density at radius 1 is 1.38 bits per heavy atom. The normalized spacial score (nSPS) is 15.5. The largest absolute Gasteiger partial charge is 0.356 e. The molecule has 0 unspecified atom stereocenters. The van der Waals surface area contributed by atoms with Gasteiger partial charge in [0.25, 0.3) is 0 Å². The highest BCUT2D eigenvalue weighted by molar-refractivity contribution is 14.0. The van der Waals surface area contributed by atoms with Gasteiger partial charge in [-0.3, -0.25) is 9.56 Å². The maximum absolute atomic E-state index is 12.8. The molecule has 3 rings (SSSR count). The molecule has 0 spiro atoms. The predicted octanol–water partition coefficient (Wildman–Crippen LogP) is 3.95. The van der Waals surface area contributed by atoms with E-state index >= 15 is 0 Å². The number of nitrogens with zero attached hydrogens (tertiary/aromatic N) is 3. The molecule has 0 bridgehead atoms. The van der Waals surface area contributed by atoms with Crippen molar-refractivity contribution < 1.29 is 8.78 Å². The molecule has 5 nitrogen and oxygen atoms in total. The lowest BCUT2D eigenvalue weighted by Gasteiger charge is -2.19. The lowest BCUT2D eigenvalue weighted by Crippen LogP contribution is -2.41. The smallest absolute Gasteiger partial charge is 0.319 e. The Morgan fingerprint density at radius 2 is 2.15 bits per heavy atom. The second-order valence-corrected chi connectivity index (χ2v) is 6.53. The van der Waals surface area contributed by atoms with Crippen LogP contribution >= 0.6 is 35.6 Å². The van der Waals surface area contributed by atoms with E-state index < -0.39 is 6.55 Å². The Hall–Kier alpha value is -1.42. The molecule has 0 atom stereocenters. The minimum absolute atomic E-state index is 0. The summed E-state index contributed by atoms with van der Waals surface area (Å²) in [5.41, 5.74) is 1.26. The molecule has 1 fully saturated rings. The van der Waals surface area contributed by atoms with Crippen molar-refractivity contribution in [1.82, 2.24) is 20.2 Å². The summed E-state index contributed by atoms with van der Waals surface area (Å²) in [6, 6.07) is 7.89. The minimum Gasteiger partial charge on any atom is -0.356 e. The summed E-state index contributed by atoms with van der Waals surface area (Å²) in [6.07, 6.45) is 4.77. The summed E-state index contributed by atoms with van der Waals surface area (Å²) in [7, 11) is 1.65. The summed E-state index contributed by atoms with van der Waals surface area (Å²) in [5.74, 6) is 0.811. The number of benzene rings is 1. The Balaban J connectivity index is 0.00000243. The highest BCUT2D eigenvalue weighted by atomic mass is 127.